The molecule has 3 aliphatic carbocycles. The molecule has 1 N–H and O–H groups in total. The van der Waals surface area contributed by atoms with E-state index in [2.05, 4.69) is 38.9 Å². The van der Waals surface area contributed by atoms with Gasteiger partial charge in [-0.15, -0.1) is 0 Å². The van der Waals surface area contributed by atoms with Crippen LogP contribution in [0.4, 0.5) is 0 Å². The van der Waals surface area contributed by atoms with Crippen LogP contribution in [0.1, 0.15) is 104 Å². The Morgan fingerprint density at radius 3 is 2.81 bits per heavy atom. The third-order valence-corrected chi connectivity index (χ3v) is 10.2. The molecule has 4 heteroatoms. The lowest BCUT2D eigenvalue weighted by Gasteiger charge is -2.53. The SMILES string of the molecule is CCCC(O)(CC)C[C@H]1CC[C@@H]2[C@H](CC[C@]3(C)[C@@H]([C@H](C)Cn4nccc4C#N)CC[C@@H]23)C1. The fraction of sp³-hybridized carbons (Fsp3) is 0.857. The van der Waals surface area contributed by atoms with Crippen LogP contribution in [-0.2, 0) is 6.54 Å². The molecule has 178 valence electrons. The van der Waals surface area contributed by atoms with Gasteiger partial charge in [0.2, 0.25) is 0 Å². The highest BCUT2D eigenvalue weighted by Crippen LogP contribution is 2.63. The first-order valence-corrected chi connectivity index (χ1v) is 13.5. The number of nitriles is 1. The summed E-state index contributed by atoms with van der Waals surface area (Å²) in [6, 6.07) is 4.12. The number of hydrogen-bond acceptors (Lipinski definition) is 3. The molecule has 0 amide bonds. The largest absolute Gasteiger partial charge is 0.390 e. The molecule has 1 aromatic heterocycles. The number of nitrogens with zero attached hydrogens (tertiary/aromatic N) is 3. The summed E-state index contributed by atoms with van der Waals surface area (Å²) in [6.07, 6.45) is 15.2. The van der Waals surface area contributed by atoms with Crippen LogP contribution in [-0.4, -0.2) is 20.5 Å². The van der Waals surface area contributed by atoms with Crippen molar-refractivity contribution in [3.63, 3.8) is 0 Å². The topological polar surface area (TPSA) is 61.8 Å². The lowest BCUT2D eigenvalue weighted by molar-refractivity contribution is -0.0512. The highest BCUT2D eigenvalue weighted by atomic mass is 16.3. The van der Waals surface area contributed by atoms with E-state index in [1.807, 2.05) is 10.7 Å². The molecular formula is C28H45N3O. The molecule has 32 heavy (non-hydrogen) atoms. The summed E-state index contributed by atoms with van der Waals surface area (Å²) in [7, 11) is 0. The molecule has 1 unspecified atom stereocenters. The second-order valence-electron chi connectivity index (χ2n) is 12.0. The van der Waals surface area contributed by atoms with E-state index in [-0.39, 0.29) is 0 Å². The summed E-state index contributed by atoms with van der Waals surface area (Å²) in [5.74, 6) is 4.64. The van der Waals surface area contributed by atoms with E-state index >= 15 is 0 Å². The third-order valence-electron chi connectivity index (χ3n) is 10.2. The van der Waals surface area contributed by atoms with Crippen molar-refractivity contribution in [2.75, 3.05) is 0 Å². The molecule has 0 aliphatic heterocycles. The maximum atomic E-state index is 11.1. The summed E-state index contributed by atoms with van der Waals surface area (Å²) >= 11 is 0. The van der Waals surface area contributed by atoms with Crippen LogP contribution in [0.15, 0.2) is 12.3 Å². The predicted octanol–water partition coefficient (Wildman–Crippen LogP) is 6.58. The highest BCUT2D eigenvalue weighted by molar-refractivity contribution is 5.18. The van der Waals surface area contributed by atoms with Gasteiger partial charge in [-0.1, -0.05) is 40.5 Å². The second kappa shape index (κ2) is 9.49. The fourth-order valence-electron chi connectivity index (χ4n) is 8.63. The van der Waals surface area contributed by atoms with Crippen LogP contribution in [0.5, 0.6) is 0 Å². The van der Waals surface area contributed by atoms with Crippen molar-refractivity contribution in [2.45, 2.75) is 110 Å². The van der Waals surface area contributed by atoms with Gasteiger partial charge in [0, 0.05) is 6.54 Å². The zero-order valence-electron chi connectivity index (χ0n) is 20.9. The Morgan fingerprint density at radius 2 is 2.09 bits per heavy atom. The van der Waals surface area contributed by atoms with Crippen LogP contribution in [0.2, 0.25) is 0 Å². The van der Waals surface area contributed by atoms with Gasteiger partial charge in [-0.3, -0.25) is 4.68 Å². The Kier molecular flexibility index (Phi) is 7.06. The smallest absolute Gasteiger partial charge is 0.138 e. The number of hydrogen-bond donors (Lipinski definition) is 1. The van der Waals surface area contributed by atoms with Gasteiger partial charge >= 0.3 is 0 Å². The molecule has 3 saturated carbocycles. The lowest BCUT2D eigenvalue weighted by Crippen LogP contribution is -2.45. The Labute approximate surface area is 195 Å². The normalized spacial score (nSPS) is 37.2. The van der Waals surface area contributed by atoms with Crippen LogP contribution in [0, 0.1) is 52.3 Å². The summed E-state index contributed by atoms with van der Waals surface area (Å²) < 4.78 is 1.92. The van der Waals surface area contributed by atoms with Crippen molar-refractivity contribution >= 4 is 0 Å². The van der Waals surface area contributed by atoms with Gasteiger partial charge < -0.3 is 5.11 Å². The third kappa shape index (κ3) is 4.39. The number of aliphatic hydroxyl groups is 1. The minimum atomic E-state index is -0.432. The second-order valence-corrected chi connectivity index (χ2v) is 12.0. The van der Waals surface area contributed by atoms with Crippen LogP contribution < -0.4 is 0 Å². The first-order valence-electron chi connectivity index (χ1n) is 13.5. The quantitative estimate of drug-likeness (QED) is 0.497. The van der Waals surface area contributed by atoms with E-state index in [1.165, 1.54) is 44.9 Å². The van der Waals surface area contributed by atoms with Crippen molar-refractivity contribution in [1.29, 1.82) is 5.26 Å². The molecule has 0 bridgehead atoms. The van der Waals surface area contributed by atoms with Crippen LogP contribution in [0.25, 0.3) is 0 Å². The van der Waals surface area contributed by atoms with Gasteiger partial charge in [-0.2, -0.15) is 10.4 Å². The Morgan fingerprint density at radius 1 is 1.28 bits per heavy atom. The first-order chi connectivity index (χ1) is 15.3. The van der Waals surface area contributed by atoms with Crippen molar-refractivity contribution in [2.24, 2.45) is 40.9 Å². The maximum Gasteiger partial charge on any atom is 0.138 e. The first kappa shape index (κ1) is 23.8. The minimum Gasteiger partial charge on any atom is -0.390 e. The fourth-order valence-corrected chi connectivity index (χ4v) is 8.63. The molecule has 3 fully saturated rings. The minimum absolute atomic E-state index is 0.432. The van der Waals surface area contributed by atoms with Gasteiger partial charge in [-0.05, 0) is 105 Å². The Hall–Kier alpha value is -1.34. The molecule has 3 aliphatic rings. The molecular weight excluding hydrogens is 394 g/mol. The van der Waals surface area contributed by atoms with Gasteiger partial charge in [-0.25, -0.2) is 0 Å². The van der Waals surface area contributed by atoms with Crippen molar-refractivity contribution < 1.29 is 5.11 Å². The molecule has 4 nitrogen and oxygen atoms in total. The van der Waals surface area contributed by atoms with Crippen LogP contribution in [0.3, 0.4) is 0 Å². The average Bonchev–Trinajstić information content (AvgIpc) is 3.37. The van der Waals surface area contributed by atoms with Gasteiger partial charge in [0.1, 0.15) is 11.8 Å². The molecule has 0 radical (unpaired) electrons. The van der Waals surface area contributed by atoms with E-state index in [9.17, 15) is 10.4 Å². The molecule has 1 aromatic rings. The lowest BCUT2D eigenvalue weighted by atomic mass is 9.52. The van der Waals surface area contributed by atoms with Gasteiger partial charge in [0.05, 0.1) is 11.8 Å². The van der Waals surface area contributed by atoms with Crippen molar-refractivity contribution in [1.82, 2.24) is 9.78 Å². The zero-order valence-corrected chi connectivity index (χ0v) is 20.9. The molecule has 1 heterocycles. The zero-order chi connectivity index (χ0) is 22.9. The van der Waals surface area contributed by atoms with Crippen molar-refractivity contribution in [3.05, 3.63) is 18.0 Å². The highest BCUT2D eigenvalue weighted by Gasteiger charge is 2.55. The number of fused-ring (bicyclic) bond motifs is 3. The summed E-state index contributed by atoms with van der Waals surface area (Å²) in [5, 5.41) is 24.9. The van der Waals surface area contributed by atoms with Gasteiger partial charge in [0.15, 0.2) is 0 Å². The van der Waals surface area contributed by atoms with E-state index in [4.69, 9.17) is 0 Å². The molecule has 0 spiro atoms. The predicted molar refractivity (Wildman–Crippen MR) is 129 cm³/mol. The van der Waals surface area contributed by atoms with E-state index < -0.39 is 5.60 Å². The number of aromatic nitrogens is 2. The molecule has 4 rings (SSSR count). The molecule has 0 saturated heterocycles. The summed E-state index contributed by atoms with van der Waals surface area (Å²) in [4.78, 5) is 0. The van der Waals surface area contributed by atoms with E-state index in [0.717, 1.165) is 61.8 Å². The Balaban J connectivity index is 1.40. The van der Waals surface area contributed by atoms with E-state index in [0.29, 0.717) is 17.0 Å². The summed E-state index contributed by atoms with van der Waals surface area (Å²) in [5.41, 5.74) is 0.700. The molecule has 8 atom stereocenters. The van der Waals surface area contributed by atoms with E-state index in [1.54, 1.807) is 6.20 Å². The summed E-state index contributed by atoms with van der Waals surface area (Å²) in [6.45, 7) is 10.2. The maximum absolute atomic E-state index is 11.1. The van der Waals surface area contributed by atoms with Crippen molar-refractivity contribution in [3.8, 4) is 6.07 Å². The number of rotatable bonds is 8. The van der Waals surface area contributed by atoms with Gasteiger partial charge in [0.25, 0.3) is 0 Å². The monoisotopic (exact) mass is 439 g/mol. The standard InChI is InChI=1S/C28H45N3O/c1-5-13-28(32,6-2)17-21-7-8-24-22(16-21)11-14-27(4)25(9-10-26(24)27)20(3)19-31-23(18-29)12-15-30-31/h12,15,20-22,24-26,32H,5-11,13-14,16-17,19H2,1-4H3/t20-,21+,22-,24-,25-,26+,27-,28?/m1/s1. The average molecular weight is 440 g/mol. The van der Waals surface area contributed by atoms with Crippen LogP contribution >= 0.6 is 0 Å². The molecule has 0 aromatic carbocycles. The Bertz CT molecular complexity index is 812.